The van der Waals surface area contributed by atoms with E-state index in [4.69, 9.17) is 10.00 Å². The first-order chi connectivity index (χ1) is 9.69. The van der Waals surface area contributed by atoms with Crippen LogP contribution in [0, 0.1) is 18.3 Å². The summed E-state index contributed by atoms with van der Waals surface area (Å²) < 4.78 is 5.20. The molecule has 1 aromatic carbocycles. The number of ether oxygens (including phenoxy) is 1. The second-order valence-corrected chi connectivity index (χ2v) is 4.39. The molecule has 0 aliphatic heterocycles. The predicted octanol–water partition coefficient (Wildman–Crippen LogP) is 2.81. The summed E-state index contributed by atoms with van der Waals surface area (Å²) >= 11 is 0. The topological polar surface area (TPSA) is 63.0 Å². The van der Waals surface area contributed by atoms with E-state index in [0.717, 1.165) is 16.8 Å². The van der Waals surface area contributed by atoms with Crippen molar-refractivity contribution in [3.63, 3.8) is 0 Å². The Balaban J connectivity index is 1.95. The third-order valence-corrected chi connectivity index (χ3v) is 2.77. The highest BCUT2D eigenvalue weighted by atomic mass is 16.5. The van der Waals surface area contributed by atoms with Gasteiger partial charge < -0.3 is 4.74 Å². The van der Waals surface area contributed by atoms with E-state index in [2.05, 4.69) is 11.1 Å². The smallest absolute Gasteiger partial charge is 0.357 e. The molecule has 0 unspecified atom stereocenters. The van der Waals surface area contributed by atoms with Crippen LogP contribution >= 0.6 is 0 Å². The zero-order valence-electron chi connectivity index (χ0n) is 11.2. The second kappa shape index (κ2) is 6.48. The molecule has 0 bridgehead atoms. The van der Waals surface area contributed by atoms with Gasteiger partial charge in [-0.2, -0.15) is 5.26 Å². The summed E-state index contributed by atoms with van der Waals surface area (Å²) in [5.41, 5.74) is 2.92. The normalized spacial score (nSPS) is 9.80. The number of pyridine rings is 1. The Morgan fingerprint density at radius 1 is 1.20 bits per heavy atom. The largest absolute Gasteiger partial charge is 0.456 e. The van der Waals surface area contributed by atoms with Crippen LogP contribution < -0.4 is 0 Å². The summed E-state index contributed by atoms with van der Waals surface area (Å²) in [6.07, 6.45) is 0.382. The summed E-state index contributed by atoms with van der Waals surface area (Å²) in [6, 6.07) is 14.7. The molecule has 2 rings (SSSR count). The van der Waals surface area contributed by atoms with Crippen LogP contribution in [0.1, 0.15) is 27.3 Å². The van der Waals surface area contributed by atoms with Gasteiger partial charge in [0, 0.05) is 5.69 Å². The SMILES string of the molecule is Cc1cccc(C(=O)OCc2ccc(CC#N)cc2)n1. The van der Waals surface area contributed by atoms with Gasteiger partial charge in [-0.05, 0) is 30.2 Å². The molecule has 2 aromatic rings. The lowest BCUT2D eigenvalue weighted by atomic mass is 10.1. The Labute approximate surface area is 117 Å². The number of rotatable bonds is 4. The number of esters is 1. The number of carbonyl (C=O) groups excluding carboxylic acids is 1. The highest BCUT2D eigenvalue weighted by Gasteiger charge is 2.08. The fraction of sp³-hybridized carbons (Fsp3) is 0.188. The third kappa shape index (κ3) is 3.66. The molecule has 0 amide bonds. The molecule has 0 spiro atoms. The van der Waals surface area contributed by atoms with E-state index in [1.165, 1.54) is 0 Å². The molecular formula is C16H14N2O2. The number of nitrogens with zero attached hydrogens (tertiary/aromatic N) is 2. The maximum absolute atomic E-state index is 11.8. The number of hydrogen-bond donors (Lipinski definition) is 0. The number of hydrogen-bond acceptors (Lipinski definition) is 4. The Bertz CT molecular complexity index is 642. The van der Waals surface area contributed by atoms with Gasteiger partial charge in [-0.1, -0.05) is 30.3 Å². The number of benzene rings is 1. The molecule has 0 aliphatic rings. The van der Waals surface area contributed by atoms with Crippen LogP contribution in [0.4, 0.5) is 0 Å². The lowest BCUT2D eigenvalue weighted by molar-refractivity contribution is 0.0465. The van der Waals surface area contributed by atoms with Gasteiger partial charge in [-0.15, -0.1) is 0 Å². The first-order valence-corrected chi connectivity index (χ1v) is 6.24. The Morgan fingerprint density at radius 2 is 1.90 bits per heavy atom. The number of aromatic nitrogens is 1. The number of carbonyl (C=O) groups is 1. The van der Waals surface area contributed by atoms with E-state index < -0.39 is 5.97 Å². The number of nitriles is 1. The average Bonchev–Trinajstić information content (AvgIpc) is 2.46. The number of aryl methyl sites for hydroxylation is 1. The van der Waals surface area contributed by atoms with E-state index in [1.54, 1.807) is 12.1 Å². The van der Waals surface area contributed by atoms with E-state index in [1.807, 2.05) is 37.3 Å². The zero-order valence-corrected chi connectivity index (χ0v) is 11.2. The summed E-state index contributed by atoms with van der Waals surface area (Å²) in [7, 11) is 0. The molecule has 0 atom stereocenters. The molecule has 20 heavy (non-hydrogen) atoms. The lowest BCUT2D eigenvalue weighted by Crippen LogP contribution is -2.07. The monoisotopic (exact) mass is 266 g/mol. The van der Waals surface area contributed by atoms with Crippen molar-refractivity contribution < 1.29 is 9.53 Å². The van der Waals surface area contributed by atoms with E-state index in [9.17, 15) is 4.79 Å². The molecule has 0 fully saturated rings. The summed E-state index contributed by atoms with van der Waals surface area (Å²) in [5.74, 6) is -0.435. The van der Waals surface area contributed by atoms with E-state index in [0.29, 0.717) is 12.1 Å². The van der Waals surface area contributed by atoms with Crippen LogP contribution in [-0.2, 0) is 17.8 Å². The molecule has 0 saturated carbocycles. The third-order valence-electron chi connectivity index (χ3n) is 2.77. The van der Waals surface area contributed by atoms with Gasteiger partial charge >= 0.3 is 5.97 Å². The summed E-state index contributed by atoms with van der Waals surface area (Å²) in [4.78, 5) is 15.9. The van der Waals surface area contributed by atoms with Crippen LogP contribution in [0.2, 0.25) is 0 Å². The molecular weight excluding hydrogens is 252 g/mol. The van der Waals surface area contributed by atoms with Crippen molar-refractivity contribution in [3.8, 4) is 6.07 Å². The molecule has 1 heterocycles. The van der Waals surface area contributed by atoms with Crippen molar-refractivity contribution in [1.82, 2.24) is 4.98 Å². The summed E-state index contributed by atoms with van der Waals surface area (Å²) in [5, 5.41) is 8.59. The summed E-state index contributed by atoms with van der Waals surface area (Å²) in [6.45, 7) is 2.02. The van der Waals surface area contributed by atoms with Crippen molar-refractivity contribution >= 4 is 5.97 Å². The van der Waals surface area contributed by atoms with Gasteiger partial charge in [0.2, 0.25) is 0 Å². The van der Waals surface area contributed by atoms with Gasteiger partial charge in [0.05, 0.1) is 12.5 Å². The molecule has 0 radical (unpaired) electrons. The minimum absolute atomic E-state index is 0.196. The van der Waals surface area contributed by atoms with Crippen LogP contribution in [-0.4, -0.2) is 11.0 Å². The quantitative estimate of drug-likeness (QED) is 0.798. The van der Waals surface area contributed by atoms with Gasteiger partial charge in [0.25, 0.3) is 0 Å². The van der Waals surface area contributed by atoms with Gasteiger partial charge in [0.15, 0.2) is 0 Å². The molecule has 0 aliphatic carbocycles. The molecule has 0 saturated heterocycles. The molecule has 0 N–H and O–H groups in total. The van der Waals surface area contributed by atoms with Crippen molar-refractivity contribution in [3.05, 3.63) is 65.0 Å². The van der Waals surface area contributed by atoms with Crippen LogP contribution in [0.15, 0.2) is 42.5 Å². The molecule has 1 aromatic heterocycles. The molecule has 4 nitrogen and oxygen atoms in total. The minimum Gasteiger partial charge on any atom is -0.456 e. The van der Waals surface area contributed by atoms with Crippen molar-refractivity contribution in [2.75, 3.05) is 0 Å². The Hall–Kier alpha value is -2.67. The zero-order chi connectivity index (χ0) is 14.4. The van der Waals surface area contributed by atoms with Crippen molar-refractivity contribution in [2.24, 2.45) is 0 Å². The highest BCUT2D eigenvalue weighted by Crippen LogP contribution is 2.08. The van der Waals surface area contributed by atoms with Crippen molar-refractivity contribution in [2.45, 2.75) is 20.0 Å². The van der Waals surface area contributed by atoms with Crippen LogP contribution in [0.25, 0.3) is 0 Å². The van der Waals surface area contributed by atoms with E-state index in [-0.39, 0.29) is 6.61 Å². The fourth-order valence-electron chi connectivity index (χ4n) is 1.72. The standard InChI is InChI=1S/C16H14N2O2/c1-12-3-2-4-15(18-12)16(19)20-11-14-7-5-13(6-8-14)9-10-17/h2-8H,9,11H2,1H3. The van der Waals surface area contributed by atoms with Gasteiger partial charge in [-0.25, -0.2) is 9.78 Å². The molecule has 100 valence electrons. The first-order valence-electron chi connectivity index (χ1n) is 6.24. The Kier molecular flexibility index (Phi) is 4.46. The average molecular weight is 266 g/mol. The maximum Gasteiger partial charge on any atom is 0.357 e. The highest BCUT2D eigenvalue weighted by molar-refractivity contribution is 5.87. The van der Waals surface area contributed by atoms with Crippen LogP contribution in [0.3, 0.4) is 0 Å². The van der Waals surface area contributed by atoms with Crippen molar-refractivity contribution in [1.29, 1.82) is 5.26 Å². The molecule has 4 heteroatoms. The maximum atomic E-state index is 11.8. The van der Waals surface area contributed by atoms with Gasteiger partial charge in [0.1, 0.15) is 12.3 Å². The lowest BCUT2D eigenvalue weighted by Gasteiger charge is -2.05. The fourth-order valence-corrected chi connectivity index (χ4v) is 1.72. The van der Waals surface area contributed by atoms with E-state index >= 15 is 0 Å². The van der Waals surface area contributed by atoms with Crippen LogP contribution in [0.5, 0.6) is 0 Å². The Morgan fingerprint density at radius 3 is 2.55 bits per heavy atom. The predicted molar refractivity (Wildman–Crippen MR) is 73.9 cm³/mol. The first kappa shape index (κ1) is 13.8. The second-order valence-electron chi connectivity index (χ2n) is 4.39. The minimum atomic E-state index is -0.435. The van der Waals surface area contributed by atoms with Gasteiger partial charge in [-0.3, -0.25) is 0 Å².